The molecule has 9 atom stereocenters. The van der Waals surface area contributed by atoms with Crippen molar-refractivity contribution in [2.45, 2.75) is 118 Å². The van der Waals surface area contributed by atoms with Crippen molar-refractivity contribution in [3.8, 4) is 0 Å². The van der Waals surface area contributed by atoms with Gasteiger partial charge < -0.3 is 9.47 Å². The summed E-state index contributed by atoms with van der Waals surface area (Å²) in [5.74, 6) is 2.45. The smallest absolute Gasteiger partial charge is 0.302 e. The molecule has 0 aromatic heterocycles. The van der Waals surface area contributed by atoms with Gasteiger partial charge in [0.1, 0.15) is 18.0 Å². The largest absolute Gasteiger partial charge is 0.462 e. The minimum Gasteiger partial charge on any atom is -0.462 e. The van der Waals surface area contributed by atoms with Gasteiger partial charge in [-0.05, 0) is 67.6 Å². The maximum atomic E-state index is 13.8. The lowest BCUT2D eigenvalue weighted by Gasteiger charge is -2.59. The highest BCUT2D eigenvalue weighted by Gasteiger charge is 2.65. The Bertz CT molecular complexity index is 905. The number of hydrogen-bond donors (Lipinski definition) is 0. The summed E-state index contributed by atoms with van der Waals surface area (Å²) in [4.78, 5) is 37.7. The van der Waals surface area contributed by atoms with E-state index in [0.29, 0.717) is 30.1 Å². The number of rotatable bonds is 7. The number of fused-ring (bicyclic) bond motifs is 5. The Morgan fingerprint density at radius 3 is 2.36 bits per heavy atom. The third-order valence-corrected chi connectivity index (χ3v) is 10.7. The molecule has 0 saturated heterocycles. The third kappa shape index (κ3) is 4.80. The molecule has 4 rings (SSSR count). The molecular weight excluding hydrogens is 452 g/mol. The van der Waals surface area contributed by atoms with Gasteiger partial charge in [-0.25, -0.2) is 0 Å². The van der Waals surface area contributed by atoms with E-state index < -0.39 is 5.41 Å². The molecule has 0 spiro atoms. The monoisotopic (exact) mass is 500 g/mol. The Balaban J connectivity index is 1.64. The van der Waals surface area contributed by atoms with Gasteiger partial charge in [-0.15, -0.1) is 0 Å². The molecular formula is C31H48O5. The molecule has 3 saturated carbocycles. The Labute approximate surface area is 218 Å². The van der Waals surface area contributed by atoms with Crippen molar-refractivity contribution in [1.82, 2.24) is 0 Å². The van der Waals surface area contributed by atoms with Gasteiger partial charge in [0.05, 0.1) is 5.41 Å². The first-order valence-electron chi connectivity index (χ1n) is 14.4. The van der Waals surface area contributed by atoms with Gasteiger partial charge in [0.15, 0.2) is 0 Å². The summed E-state index contributed by atoms with van der Waals surface area (Å²) in [5.41, 5.74) is 0.559. The molecule has 0 aromatic carbocycles. The van der Waals surface area contributed by atoms with Crippen LogP contribution in [-0.2, 0) is 23.9 Å². The summed E-state index contributed by atoms with van der Waals surface area (Å²) in [6, 6.07) is 0. The Hall–Kier alpha value is -1.65. The van der Waals surface area contributed by atoms with E-state index in [4.69, 9.17) is 9.47 Å². The predicted molar refractivity (Wildman–Crippen MR) is 140 cm³/mol. The van der Waals surface area contributed by atoms with Crippen molar-refractivity contribution < 1.29 is 23.9 Å². The van der Waals surface area contributed by atoms with E-state index in [2.05, 4.69) is 40.7 Å². The first-order valence-corrected chi connectivity index (χ1v) is 14.4. The molecule has 5 heteroatoms. The summed E-state index contributed by atoms with van der Waals surface area (Å²) in [6.45, 7) is 14.5. The summed E-state index contributed by atoms with van der Waals surface area (Å²) in [7, 11) is 0. The zero-order valence-corrected chi connectivity index (χ0v) is 23.6. The van der Waals surface area contributed by atoms with Gasteiger partial charge in [0, 0.05) is 32.6 Å². The fourth-order valence-electron chi connectivity index (χ4n) is 9.23. The minimum atomic E-state index is -0.651. The summed E-state index contributed by atoms with van der Waals surface area (Å²) in [6.07, 6.45) is 10.5. The summed E-state index contributed by atoms with van der Waals surface area (Å²) >= 11 is 0. The van der Waals surface area contributed by atoms with E-state index in [-0.39, 0.29) is 47.7 Å². The van der Waals surface area contributed by atoms with Gasteiger partial charge in [0.2, 0.25) is 0 Å². The number of ether oxygens (including phenoxy) is 2. The minimum absolute atomic E-state index is 0.000232. The van der Waals surface area contributed by atoms with Crippen LogP contribution in [0.25, 0.3) is 0 Å². The van der Waals surface area contributed by atoms with Crippen LogP contribution in [0.3, 0.4) is 0 Å². The van der Waals surface area contributed by atoms with Gasteiger partial charge >= 0.3 is 11.9 Å². The predicted octanol–water partition coefficient (Wildman–Crippen LogP) is 6.68. The second kappa shape index (κ2) is 10.3. The second-order valence-electron chi connectivity index (χ2n) is 13.4. The van der Waals surface area contributed by atoms with Crippen molar-refractivity contribution in [3.05, 3.63) is 11.6 Å². The molecule has 36 heavy (non-hydrogen) atoms. The van der Waals surface area contributed by atoms with E-state index >= 15 is 0 Å². The maximum Gasteiger partial charge on any atom is 0.302 e. The molecule has 0 aromatic rings. The van der Waals surface area contributed by atoms with Crippen molar-refractivity contribution in [2.75, 3.05) is 0 Å². The topological polar surface area (TPSA) is 69.7 Å². The van der Waals surface area contributed by atoms with Crippen molar-refractivity contribution >= 4 is 17.7 Å². The highest BCUT2D eigenvalue weighted by molar-refractivity contribution is 5.90. The number of ketones is 1. The fourth-order valence-corrected chi connectivity index (χ4v) is 9.23. The Morgan fingerprint density at radius 1 is 1.03 bits per heavy atom. The number of carbonyl (C=O) groups excluding carboxylic acids is 3. The van der Waals surface area contributed by atoms with Crippen LogP contribution in [0.1, 0.15) is 106 Å². The standard InChI is InChI=1S/C31H48O5/c1-18(2)9-8-10-19(3)25-13-14-26-24-12-11-22-15-23(35-20(4)32)16-28(34)31(22,7)29(24)27(36-21(5)33)17-30(25,26)6/h11,18-19,23-27,29H,8-10,12-17H2,1-7H3/t19-,23+,24+,25-,26+,27-,29-,30-,31-/m1/s1. The van der Waals surface area contributed by atoms with Crippen molar-refractivity contribution in [3.63, 3.8) is 0 Å². The van der Waals surface area contributed by atoms with E-state index in [1.54, 1.807) is 0 Å². The quantitative estimate of drug-likeness (QED) is 0.288. The van der Waals surface area contributed by atoms with Gasteiger partial charge in [-0.1, -0.05) is 58.6 Å². The molecule has 0 amide bonds. The van der Waals surface area contributed by atoms with E-state index in [1.807, 2.05) is 0 Å². The zero-order chi connectivity index (χ0) is 26.4. The molecule has 0 bridgehead atoms. The van der Waals surface area contributed by atoms with Crippen LogP contribution < -0.4 is 0 Å². The van der Waals surface area contributed by atoms with E-state index in [9.17, 15) is 14.4 Å². The van der Waals surface area contributed by atoms with Crippen LogP contribution in [0, 0.1) is 46.3 Å². The molecule has 3 fully saturated rings. The highest BCUT2D eigenvalue weighted by Crippen LogP contribution is 2.67. The molecule has 202 valence electrons. The highest BCUT2D eigenvalue weighted by atomic mass is 16.5. The average molecular weight is 501 g/mol. The lowest BCUT2D eigenvalue weighted by molar-refractivity contribution is -0.179. The third-order valence-electron chi connectivity index (χ3n) is 10.7. The van der Waals surface area contributed by atoms with Crippen molar-refractivity contribution in [2.24, 2.45) is 46.3 Å². The zero-order valence-electron chi connectivity index (χ0n) is 23.6. The number of allylic oxidation sites excluding steroid dienone is 1. The fraction of sp³-hybridized carbons (Fsp3) is 0.839. The van der Waals surface area contributed by atoms with Gasteiger partial charge in [0.25, 0.3) is 0 Å². The van der Waals surface area contributed by atoms with Crippen LogP contribution in [0.2, 0.25) is 0 Å². The van der Waals surface area contributed by atoms with Crippen LogP contribution >= 0.6 is 0 Å². The number of carbonyl (C=O) groups is 3. The maximum absolute atomic E-state index is 13.8. The summed E-state index contributed by atoms with van der Waals surface area (Å²) < 4.78 is 11.6. The van der Waals surface area contributed by atoms with Crippen LogP contribution in [0.4, 0.5) is 0 Å². The van der Waals surface area contributed by atoms with E-state index in [0.717, 1.165) is 24.3 Å². The molecule has 4 aliphatic rings. The first-order chi connectivity index (χ1) is 16.9. The number of Topliss-reactive ketones (excluding diaryl/α,β-unsaturated/α-hetero) is 1. The van der Waals surface area contributed by atoms with Crippen LogP contribution in [0.5, 0.6) is 0 Å². The molecule has 0 heterocycles. The lowest BCUT2D eigenvalue weighted by atomic mass is 9.45. The molecule has 0 unspecified atom stereocenters. The van der Waals surface area contributed by atoms with Gasteiger partial charge in [-0.2, -0.15) is 0 Å². The van der Waals surface area contributed by atoms with Crippen molar-refractivity contribution in [1.29, 1.82) is 0 Å². The molecule has 0 N–H and O–H groups in total. The average Bonchev–Trinajstić information content (AvgIpc) is 3.10. The van der Waals surface area contributed by atoms with Gasteiger partial charge in [-0.3, -0.25) is 14.4 Å². The molecule has 0 radical (unpaired) electrons. The lowest BCUT2D eigenvalue weighted by Crippen LogP contribution is -2.60. The Morgan fingerprint density at radius 2 is 1.72 bits per heavy atom. The summed E-state index contributed by atoms with van der Waals surface area (Å²) in [5, 5.41) is 0. The molecule has 0 aliphatic heterocycles. The second-order valence-corrected chi connectivity index (χ2v) is 13.4. The Kier molecular flexibility index (Phi) is 7.80. The van der Waals surface area contributed by atoms with E-state index in [1.165, 1.54) is 46.0 Å². The molecule has 4 aliphatic carbocycles. The number of hydrogen-bond acceptors (Lipinski definition) is 5. The number of esters is 2. The first kappa shape index (κ1) is 27.4. The molecule has 5 nitrogen and oxygen atoms in total. The van der Waals surface area contributed by atoms with Crippen LogP contribution in [-0.4, -0.2) is 29.9 Å². The normalized spacial score (nSPS) is 40.6. The van der Waals surface area contributed by atoms with Crippen LogP contribution in [0.15, 0.2) is 11.6 Å². The SMILES string of the molecule is CC(=O)O[C@@H]1CC(=O)[C@@]2(C)C(=CC[C@@H]3[C@@H]2[C@H](OC(C)=O)C[C@]2(C)[C@@H]([C@H](C)CCCC(C)C)CC[C@@H]32)C1.